The van der Waals surface area contributed by atoms with Gasteiger partial charge in [0.25, 0.3) is 0 Å². The number of hydrogen-bond acceptors (Lipinski definition) is 4. The summed E-state index contributed by atoms with van der Waals surface area (Å²) in [4.78, 5) is 4.95. The largest absolute Gasteiger partial charge is 0.304 e. The molecule has 0 unspecified atom stereocenters. The van der Waals surface area contributed by atoms with Gasteiger partial charge in [-0.2, -0.15) is 0 Å². The van der Waals surface area contributed by atoms with Gasteiger partial charge in [0.05, 0.1) is 6.26 Å². The molecule has 0 aliphatic carbocycles. The molecule has 1 atom stereocenters. The molecule has 0 aromatic carbocycles. The highest BCUT2D eigenvalue weighted by molar-refractivity contribution is 7.88. The van der Waals surface area contributed by atoms with Crippen LogP contribution >= 0.6 is 0 Å². The van der Waals surface area contributed by atoms with E-state index in [1.54, 1.807) is 4.31 Å². The number of rotatable bonds is 3. The lowest BCUT2D eigenvalue weighted by atomic mass is 9.96. The molecule has 2 aliphatic heterocycles. The summed E-state index contributed by atoms with van der Waals surface area (Å²) < 4.78 is 24.6. The van der Waals surface area contributed by atoms with E-state index >= 15 is 0 Å². The molecule has 0 aromatic heterocycles. The van der Waals surface area contributed by atoms with Crippen molar-refractivity contribution in [3.05, 3.63) is 0 Å². The van der Waals surface area contributed by atoms with Gasteiger partial charge in [-0.05, 0) is 32.7 Å². The maximum Gasteiger partial charge on any atom is 0.211 e. The molecule has 6 heteroatoms. The molecule has 0 amide bonds. The molecular formula is C13H27N3O2S. The topological polar surface area (TPSA) is 43.9 Å². The first kappa shape index (κ1) is 15.2. The predicted octanol–water partition coefficient (Wildman–Crippen LogP) is 0.294. The van der Waals surface area contributed by atoms with Gasteiger partial charge in [0.2, 0.25) is 10.0 Å². The van der Waals surface area contributed by atoms with Crippen LogP contribution in [0.2, 0.25) is 0 Å². The summed E-state index contributed by atoms with van der Waals surface area (Å²) in [6.07, 6.45) is 3.33. The van der Waals surface area contributed by atoms with E-state index in [0.717, 1.165) is 39.0 Å². The molecule has 2 fully saturated rings. The van der Waals surface area contributed by atoms with Crippen LogP contribution in [-0.4, -0.2) is 81.1 Å². The van der Waals surface area contributed by atoms with Gasteiger partial charge in [-0.15, -0.1) is 0 Å². The zero-order valence-electron chi connectivity index (χ0n) is 12.4. The van der Waals surface area contributed by atoms with Crippen LogP contribution in [-0.2, 0) is 10.0 Å². The maximum atomic E-state index is 11.5. The normalized spacial score (nSPS) is 29.7. The molecule has 0 N–H and O–H groups in total. The Morgan fingerprint density at radius 3 is 2.26 bits per heavy atom. The molecule has 19 heavy (non-hydrogen) atoms. The van der Waals surface area contributed by atoms with Crippen molar-refractivity contribution in [2.75, 3.05) is 52.6 Å². The van der Waals surface area contributed by atoms with Crippen LogP contribution in [0.5, 0.6) is 0 Å². The second-order valence-corrected chi connectivity index (χ2v) is 8.19. The van der Waals surface area contributed by atoms with Gasteiger partial charge in [0.1, 0.15) is 0 Å². The Hall–Kier alpha value is -0.170. The molecule has 0 aromatic rings. The Morgan fingerprint density at radius 2 is 1.74 bits per heavy atom. The highest BCUT2D eigenvalue weighted by atomic mass is 32.2. The third-order valence-corrected chi connectivity index (χ3v) is 5.81. The molecule has 0 radical (unpaired) electrons. The van der Waals surface area contributed by atoms with Crippen LogP contribution in [0.1, 0.15) is 19.8 Å². The van der Waals surface area contributed by atoms with E-state index in [9.17, 15) is 8.42 Å². The predicted molar refractivity (Wildman–Crippen MR) is 77.7 cm³/mol. The average Bonchev–Trinajstić information content (AvgIpc) is 2.32. The fourth-order valence-corrected chi connectivity index (χ4v) is 4.08. The molecule has 2 saturated heterocycles. The van der Waals surface area contributed by atoms with Crippen LogP contribution in [0.25, 0.3) is 0 Å². The highest BCUT2D eigenvalue weighted by Crippen LogP contribution is 2.21. The smallest absolute Gasteiger partial charge is 0.211 e. The van der Waals surface area contributed by atoms with E-state index in [-0.39, 0.29) is 0 Å². The Labute approximate surface area is 117 Å². The maximum absolute atomic E-state index is 11.5. The fraction of sp³-hybridized carbons (Fsp3) is 1.00. The van der Waals surface area contributed by atoms with Gasteiger partial charge in [-0.3, -0.25) is 4.90 Å². The minimum atomic E-state index is -2.99. The van der Waals surface area contributed by atoms with E-state index in [1.807, 2.05) is 0 Å². The molecule has 0 spiro atoms. The fourth-order valence-electron chi connectivity index (χ4n) is 3.20. The molecular weight excluding hydrogens is 262 g/mol. The molecule has 0 saturated carbocycles. The first-order chi connectivity index (χ1) is 8.86. The van der Waals surface area contributed by atoms with Gasteiger partial charge < -0.3 is 4.90 Å². The van der Waals surface area contributed by atoms with Gasteiger partial charge in [0.15, 0.2) is 0 Å². The van der Waals surface area contributed by atoms with E-state index in [0.29, 0.717) is 25.0 Å². The second-order valence-electron chi connectivity index (χ2n) is 6.21. The van der Waals surface area contributed by atoms with Crippen LogP contribution in [0.4, 0.5) is 0 Å². The van der Waals surface area contributed by atoms with Gasteiger partial charge in [0, 0.05) is 45.3 Å². The summed E-state index contributed by atoms with van der Waals surface area (Å²) in [5, 5.41) is 0. The number of sulfonamides is 1. The first-order valence-electron chi connectivity index (χ1n) is 7.24. The SMILES string of the molecule is C[C@@H]1CN(C)CCN1CC1CCN(S(C)(=O)=O)CC1. The van der Waals surface area contributed by atoms with Crippen molar-refractivity contribution in [1.82, 2.24) is 14.1 Å². The third-order valence-electron chi connectivity index (χ3n) is 4.50. The summed E-state index contributed by atoms with van der Waals surface area (Å²) in [6, 6.07) is 0.617. The minimum Gasteiger partial charge on any atom is -0.304 e. The zero-order chi connectivity index (χ0) is 14.0. The lowest BCUT2D eigenvalue weighted by Crippen LogP contribution is -2.52. The minimum absolute atomic E-state index is 0.617. The summed E-state index contributed by atoms with van der Waals surface area (Å²) in [6.45, 7) is 8.25. The molecule has 2 heterocycles. The Morgan fingerprint density at radius 1 is 1.11 bits per heavy atom. The van der Waals surface area contributed by atoms with E-state index in [4.69, 9.17) is 0 Å². The van der Waals surface area contributed by atoms with Crippen molar-refractivity contribution in [1.29, 1.82) is 0 Å². The van der Waals surface area contributed by atoms with Crippen molar-refractivity contribution in [3.8, 4) is 0 Å². The number of likely N-dealkylation sites (N-methyl/N-ethyl adjacent to an activating group) is 1. The van der Waals surface area contributed by atoms with Crippen molar-refractivity contribution < 1.29 is 8.42 Å². The number of nitrogens with zero attached hydrogens (tertiary/aromatic N) is 3. The van der Waals surface area contributed by atoms with Crippen LogP contribution in [0.15, 0.2) is 0 Å². The standard InChI is InChI=1S/C13H27N3O2S/c1-12-10-14(2)8-9-15(12)11-13-4-6-16(7-5-13)19(3,17)18/h12-13H,4-11H2,1-3H3/t12-/m1/s1. The quantitative estimate of drug-likeness (QED) is 0.749. The van der Waals surface area contributed by atoms with Crippen molar-refractivity contribution in [2.24, 2.45) is 5.92 Å². The van der Waals surface area contributed by atoms with Crippen molar-refractivity contribution in [2.45, 2.75) is 25.8 Å². The molecule has 2 rings (SSSR count). The summed E-state index contributed by atoms with van der Waals surface area (Å²) in [7, 11) is -0.808. The Kier molecular flexibility index (Phi) is 4.87. The Bertz CT molecular complexity index is 391. The van der Waals surface area contributed by atoms with E-state index in [1.165, 1.54) is 6.26 Å². The third kappa shape index (κ3) is 4.15. The molecule has 2 aliphatic rings. The number of piperazine rings is 1. The second kappa shape index (κ2) is 6.08. The summed E-state index contributed by atoms with van der Waals surface area (Å²) >= 11 is 0. The Balaban J connectivity index is 1.80. The number of hydrogen-bond donors (Lipinski definition) is 0. The lowest BCUT2D eigenvalue weighted by Gasteiger charge is -2.41. The average molecular weight is 289 g/mol. The highest BCUT2D eigenvalue weighted by Gasteiger charge is 2.28. The van der Waals surface area contributed by atoms with Crippen molar-refractivity contribution in [3.63, 3.8) is 0 Å². The van der Waals surface area contributed by atoms with Gasteiger partial charge >= 0.3 is 0 Å². The van der Waals surface area contributed by atoms with Gasteiger partial charge in [-0.1, -0.05) is 0 Å². The summed E-state index contributed by atoms with van der Waals surface area (Å²) in [5.41, 5.74) is 0. The van der Waals surface area contributed by atoms with E-state index < -0.39 is 10.0 Å². The van der Waals surface area contributed by atoms with Crippen LogP contribution in [0.3, 0.4) is 0 Å². The van der Waals surface area contributed by atoms with Crippen LogP contribution in [0, 0.1) is 5.92 Å². The monoisotopic (exact) mass is 289 g/mol. The summed E-state index contributed by atoms with van der Waals surface area (Å²) in [5.74, 6) is 0.656. The molecule has 0 bridgehead atoms. The van der Waals surface area contributed by atoms with Crippen LogP contribution < -0.4 is 0 Å². The lowest BCUT2D eigenvalue weighted by molar-refractivity contribution is 0.0750. The van der Waals surface area contributed by atoms with Crippen molar-refractivity contribution >= 4 is 10.0 Å². The number of piperidine rings is 1. The van der Waals surface area contributed by atoms with E-state index in [2.05, 4.69) is 23.8 Å². The molecule has 5 nitrogen and oxygen atoms in total. The molecule has 112 valence electrons. The zero-order valence-corrected chi connectivity index (χ0v) is 13.2. The van der Waals surface area contributed by atoms with Gasteiger partial charge in [-0.25, -0.2) is 12.7 Å². The first-order valence-corrected chi connectivity index (χ1v) is 9.09.